The fourth-order valence-electron chi connectivity index (χ4n) is 1.07. The van der Waals surface area contributed by atoms with Crippen molar-refractivity contribution in [2.45, 2.75) is 17.9 Å². The van der Waals surface area contributed by atoms with Crippen LogP contribution in [-0.4, -0.2) is 23.9 Å². The molecule has 0 amide bonds. The molecule has 0 fully saturated rings. The van der Waals surface area contributed by atoms with Crippen LogP contribution >= 0.6 is 11.8 Å². The fourth-order valence-corrected chi connectivity index (χ4v) is 1.48. The van der Waals surface area contributed by atoms with Gasteiger partial charge in [0, 0.05) is 4.90 Å². The molecule has 15 heavy (non-hydrogen) atoms. The Balaban J connectivity index is 2.28. The number of rotatable bonds is 6. The first-order valence-electron chi connectivity index (χ1n) is 4.65. The van der Waals surface area contributed by atoms with E-state index in [1.165, 1.54) is 4.90 Å². The Hall–Kier alpha value is -1.00. The van der Waals surface area contributed by atoms with E-state index in [2.05, 4.69) is 0 Å². The molecule has 0 saturated carbocycles. The van der Waals surface area contributed by atoms with Gasteiger partial charge in [0.1, 0.15) is 0 Å². The molecule has 1 rings (SSSR count). The van der Waals surface area contributed by atoms with Crippen molar-refractivity contribution in [1.82, 2.24) is 0 Å². The monoisotopic (exact) mass is 226 g/mol. The van der Waals surface area contributed by atoms with Crippen LogP contribution in [-0.2, 0) is 16.1 Å². The second-order valence-corrected chi connectivity index (χ2v) is 3.92. The molecule has 4 heteroatoms. The maximum Gasteiger partial charge on any atom is 0.305 e. The van der Waals surface area contributed by atoms with Crippen molar-refractivity contribution in [2.24, 2.45) is 0 Å². The molecule has 1 N–H and O–H groups in total. The van der Waals surface area contributed by atoms with Crippen LogP contribution in [0.1, 0.15) is 12.0 Å². The number of carboxylic acid groups (broad SMARTS) is 1. The first-order valence-corrected chi connectivity index (χ1v) is 5.87. The van der Waals surface area contributed by atoms with Crippen molar-refractivity contribution in [1.29, 1.82) is 0 Å². The van der Waals surface area contributed by atoms with E-state index >= 15 is 0 Å². The summed E-state index contributed by atoms with van der Waals surface area (Å²) in [5.74, 6) is -0.826. The van der Waals surface area contributed by atoms with E-state index in [0.717, 1.165) is 5.56 Å². The molecule has 1 aromatic carbocycles. The van der Waals surface area contributed by atoms with Crippen molar-refractivity contribution in [3.05, 3.63) is 29.8 Å². The van der Waals surface area contributed by atoms with E-state index in [4.69, 9.17) is 9.84 Å². The number of aliphatic carboxylic acids is 1. The van der Waals surface area contributed by atoms with E-state index in [1.807, 2.05) is 30.5 Å². The second kappa shape index (κ2) is 6.48. The Morgan fingerprint density at radius 2 is 2.07 bits per heavy atom. The first-order chi connectivity index (χ1) is 7.22. The Morgan fingerprint density at radius 3 is 2.60 bits per heavy atom. The molecule has 0 aliphatic carbocycles. The standard InChI is InChI=1S/C11H14O3S/c1-15-10-4-2-9(3-5-10)8-14-7-6-11(12)13/h2-5H,6-8H2,1H3,(H,12,13). The maximum atomic E-state index is 10.2. The number of carbonyl (C=O) groups is 1. The summed E-state index contributed by atoms with van der Waals surface area (Å²) in [6, 6.07) is 8.04. The van der Waals surface area contributed by atoms with Gasteiger partial charge in [0.25, 0.3) is 0 Å². The molecule has 3 nitrogen and oxygen atoms in total. The molecule has 0 radical (unpaired) electrons. The molecule has 0 aliphatic heterocycles. The summed E-state index contributed by atoms with van der Waals surface area (Å²) in [4.78, 5) is 11.4. The third-order valence-electron chi connectivity index (χ3n) is 1.89. The van der Waals surface area contributed by atoms with E-state index in [1.54, 1.807) is 11.8 Å². The van der Waals surface area contributed by atoms with Gasteiger partial charge in [0.2, 0.25) is 0 Å². The van der Waals surface area contributed by atoms with Gasteiger partial charge in [-0.2, -0.15) is 0 Å². The number of hydrogen-bond donors (Lipinski definition) is 1. The summed E-state index contributed by atoms with van der Waals surface area (Å²) in [7, 11) is 0. The van der Waals surface area contributed by atoms with Gasteiger partial charge in [-0.25, -0.2) is 0 Å². The van der Waals surface area contributed by atoms with Gasteiger partial charge in [-0.05, 0) is 24.0 Å². The molecular weight excluding hydrogens is 212 g/mol. The minimum Gasteiger partial charge on any atom is -0.481 e. The SMILES string of the molecule is CSc1ccc(COCCC(=O)O)cc1. The molecule has 0 saturated heterocycles. The zero-order chi connectivity index (χ0) is 11.1. The number of ether oxygens (including phenoxy) is 1. The zero-order valence-electron chi connectivity index (χ0n) is 8.60. The highest BCUT2D eigenvalue weighted by molar-refractivity contribution is 7.98. The quantitative estimate of drug-likeness (QED) is 0.597. The molecular formula is C11H14O3S. The average Bonchev–Trinajstić information content (AvgIpc) is 2.25. The van der Waals surface area contributed by atoms with Crippen LogP contribution in [0.25, 0.3) is 0 Å². The molecule has 1 aromatic rings. The van der Waals surface area contributed by atoms with Crippen molar-refractivity contribution in [2.75, 3.05) is 12.9 Å². The molecule has 0 bridgehead atoms. The van der Waals surface area contributed by atoms with Crippen LogP contribution in [0.15, 0.2) is 29.2 Å². The summed E-state index contributed by atoms with van der Waals surface area (Å²) in [5.41, 5.74) is 1.07. The largest absolute Gasteiger partial charge is 0.481 e. The van der Waals surface area contributed by atoms with E-state index < -0.39 is 5.97 Å². The van der Waals surface area contributed by atoms with Gasteiger partial charge in [-0.3, -0.25) is 4.79 Å². The van der Waals surface area contributed by atoms with Crippen LogP contribution in [0.4, 0.5) is 0 Å². The molecule has 0 spiro atoms. The highest BCUT2D eigenvalue weighted by Gasteiger charge is 1.97. The minimum absolute atomic E-state index is 0.0584. The van der Waals surface area contributed by atoms with E-state index in [9.17, 15) is 4.79 Å². The number of benzene rings is 1. The van der Waals surface area contributed by atoms with Gasteiger partial charge in [-0.15, -0.1) is 11.8 Å². The van der Waals surface area contributed by atoms with Crippen molar-refractivity contribution in [3.8, 4) is 0 Å². The fraction of sp³-hybridized carbons (Fsp3) is 0.364. The molecule has 82 valence electrons. The summed E-state index contributed by atoms with van der Waals surface area (Å²) in [6.07, 6.45) is 2.08. The Morgan fingerprint density at radius 1 is 1.40 bits per heavy atom. The smallest absolute Gasteiger partial charge is 0.305 e. The van der Waals surface area contributed by atoms with Gasteiger partial charge in [-0.1, -0.05) is 12.1 Å². The van der Waals surface area contributed by atoms with Gasteiger partial charge in [0.05, 0.1) is 19.6 Å². The summed E-state index contributed by atoms with van der Waals surface area (Å²) in [5, 5.41) is 8.40. The van der Waals surface area contributed by atoms with Crippen LogP contribution in [0.5, 0.6) is 0 Å². The van der Waals surface area contributed by atoms with Gasteiger partial charge < -0.3 is 9.84 Å². The van der Waals surface area contributed by atoms with Gasteiger partial charge >= 0.3 is 5.97 Å². The highest BCUT2D eigenvalue weighted by Crippen LogP contribution is 2.15. The Bertz CT molecular complexity index is 308. The van der Waals surface area contributed by atoms with Crippen LogP contribution < -0.4 is 0 Å². The lowest BCUT2D eigenvalue weighted by Gasteiger charge is -2.03. The minimum atomic E-state index is -0.826. The van der Waals surface area contributed by atoms with Crippen molar-refractivity contribution >= 4 is 17.7 Å². The molecule has 0 aliphatic rings. The van der Waals surface area contributed by atoms with Gasteiger partial charge in [0.15, 0.2) is 0 Å². The number of hydrogen-bond acceptors (Lipinski definition) is 3. The third-order valence-corrected chi connectivity index (χ3v) is 2.63. The summed E-state index contributed by atoms with van der Waals surface area (Å²) in [6.45, 7) is 0.738. The predicted octanol–water partition coefficient (Wildman–Crippen LogP) is 2.40. The van der Waals surface area contributed by atoms with Crippen LogP contribution in [0, 0.1) is 0 Å². The molecule has 0 unspecified atom stereocenters. The lowest BCUT2D eigenvalue weighted by Crippen LogP contribution is -2.02. The van der Waals surface area contributed by atoms with E-state index in [0.29, 0.717) is 6.61 Å². The number of carboxylic acids is 1. The molecule has 0 atom stereocenters. The topological polar surface area (TPSA) is 46.5 Å². The Labute approximate surface area is 93.4 Å². The summed E-state index contributed by atoms with van der Waals surface area (Å²) >= 11 is 1.69. The third kappa shape index (κ3) is 4.85. The van der Waals surface area contributed by atoms with Crippen LogP contribution in [0.3, 0.4) is 0 Å². The maximum absolute atomic E-state index is 10.2. The van der Waals surface area contributed by atoms with Crippen LogP contribution in [0.2, 0.25) is 0 Å². The average molecular weight is 226 g/mol. The lowest BCUT2D eigenvalue weighted by molar-refractivity contribution is -0.138. The first kappa shape index (κ1) is 12.1. The Kier molecular flexibility index (Phi) is 5.21. The molecule has 0 heterocycles. The van der Waals surface area contributed by atoms with E-state index in [-0.39, 0.29) is 13.0 Å². The highest BCUT2D eigenvalue weighted by atomic mass is 32.2. The summed E-state index contributed by atoms with van der Waals surface area (Å²) < 4.78 is 5.22. The second-order valence-electron chi connectivity index (χ2n) is 3.04. The predicted molar refractivity (Wildman–Crippen MR) is 60.1 cm³/mol. The van der Waals surface area contributed by atoms with Crippen molar-refractivity contribution in [3.63, 3.8) is 0 Å². The van der Waals surface area contributed by atoms with Crippen molar-refractivity contribution < 1.29 is 14.6 Å². The molecule has 0 aromatic heterocycles. The zero-order valence-corrected chi connectivity index (χ0v) is 9.42. The lowest BCUT2D eigenvalue weighted by atomic mass is 10.2. The number of thioether (sulfide) groups is 1. The normalized spacial score (nSPS) is 10.2.